The molecule has 2 aromatic rings. The normalized spacial score (nSPS) is 18.3. The van der Waals surface area contributed by atoms with Gasteiger partial charge in [0.05, 0.1) is 29.7 Å². The fourth-order valence-corrected chi connectivity index (χ4v) is 4.25. The highest BCUT2D eigenvalue weighted by Crippen LogP contribution is 2.39. The van der Waals surface area contributed by atoms with Gasteiger partial charge in [-0.05, 0) is 70.0 Å². The van der Waals surface area contributed by atoms with Crippen LogP contribution in [0, 0.1) is 5.92 Å². The van der Waals surface area contributed by atoms with E-state index in [0.717, 1.165) is 18.5 Å². The standard InChI is InChI=1S/C23H28ClN5O2/c1-14(25-3)22(30)27-21-11-10-20-19(26-21)13-28(15(2)16-6-4-7-16)23(31)29(20)18-9-5-8-17(24)12-18/h5,8-12,14-16,25H,4,6-7,13H2,1-3H3,(H,26,27,30). The monoisotopic (exact) mass is 441 g/mol. The number of carbonyl (C=O) groups excluding carboxylic acids is 2. The van der Waals surface area contributed by atoms with Crippen molar-refractivity contribution in [2.24, 2.45) is 5.92 Å². The minimum absolute atomic E-state index is 0.0726. The molecule has 7 nitrogen and oxygen atoms in total. The van der Waals surface area contributed by atoms with E-state index in [4.69, 9.17) is 16.6 Å². The van der Waals surface area contributed by atoms with E-state index in [1.165, 1.54) is 6.42 Å². The van der Waals surface area contributed by atoms with Gasteiger partial charge in [-0.15, -0.1) is 0 Å². The van der Waals surface area contributed by atoms with Crippen molar-refractivity contribution in [2.45, 2.75) is 51.7 Å². The van der Waals surface area contributed by atoms with Gasteiger partial charge in [-0.25, -0.2) is 9.78 Å². The second-order valence-electron chi connectivity index (χ2n) is 8.32. The van der Waals surface area contributed by atoms with E-state index >= 15 is 0 Å². The topological polar surface area (TPSA) is 77.6 Å². The molecule has 2 unspecified atom stereocenters. The molecule has 1 aliphatic heterocycles. The van der Waals surface area contributed by atoms with Gasteiger partial charge in [0.25, 0.3) is 0 Å². The van der Waals surface area contributed by atoms with Crippen LogP contribution in [0.25, 0.3) is 0 Å². The summed E-state index contributed by atoms with van der Waals surface area (Å²) in [6, 6.07) is 10.5. The summed E-state index contributed by atoms with van der Waals surface area (Å²) in [7, 11) is 1.73. The van der Waals surface area contributed by atoms with Gasteiger partial charge in [0.2, 0.25) is 5.91 Å². The molecule has 164 valence electrons. The van der Waals surface area contributed by atoms with Gasteiger partial charge in [0, 0.05) is 11.1 Å². The number of aromatic nitrogens is 1. The van der Waals surface area contributed by atoms with Crippen molar-refractivity contribution < 1.29 is 9.59 Å². The van der Waals surface area contributed by atoms with Crippen LogP contribution >= 0.6 is 11.6 Å². The van der Waals surface area contributed by atoms with Gasteiger partial charge in [-0.3, -0.25) is 9.69 Å². The van der Waals surface area contributed by atoms with E-state index < -0.39 is 0 Å². The lowest BCUT2D eigenvalue weighted by molar-refractivity contribution is -0.117. The summed E-state index contributed by atoms with van der Waals surface area (Å²) in [6.07, 6.45) is 3.49. The van der Waals surface area contributed by atoms with E-state index in [0.29, 0.717) is 34.7 Å². The first-order chi connectivity index (χ1) is 14.9. The third-order valence-electron chi connectivity index (χ3n) is 6.42. The van der Waals surface area contributed by atoms with Crippen LogP contribution in [-0.2, 0) is 11.3 Å². The molecule has 0 radical (unpaired) electrons. The lowest BCUT2D eigenvalue weighted by Crippen LogP contribution is -2.52. The fourth-order valence-electron chi connectivity index (χ4n) is 4.07. The Bertz CT molecular complexity index is 994. The van der Waals surface area contributed by atoms with Gasteiger partial charge in [0.1, 0.15) is 5.82 Å². The van der Waals surface area contributed by atoms with E-state index in [1.807, 2.05) is 23.1 Å². The first-order valence-electron chi connectivity index (χ1n) is 10.7. The zero-order valence-electron chi connectivity index (χ0n) is 18.1. The number of carbonyl (C=O) groups is 2. The number of benzene rings is 1. The quantitative estimate of drug-likeness (QED) is 0.689. The van der Waals surface area contributed by atoms with Crippen LogP contribution in [0.5, 0.6) is 0 Å². The number of urea groups is 1. The molecule has 8 heteroatoms. The number of halogens is 1. The number of likely N-dealkylation sites (N-methyl/N-ethyl adjacent to an activating group) is 1. The zero-order valence-corrected chi connectivity index (χ0v) is 18.8. The molecule has 1 fully saturated rings. The molecule has 1 aromatic carbocycles. The Labute approximate surface area is 187 Å². The highest BCUT2D eigenvalue weighted by molar-refractivity contribution is 6.31. The molecule has 2 heterocycles. The van der Waals surface area contributed by atoms with Crippen molar-refractivity contribution in [3.8, 4) is 0 Å². The van der Waals surface area contributed by atoms with Gasteiger partial charge < -0.3 is 15.5 Å². The molecule has 2 N–H and O–H groups in total. The number of amides is 3. The molecular weight excluding hydrogens is 414 g/mol. The Morgan fingerprint density at radius 1 is 1.23 bits per heavy atom. The third-order valence-corrected chi connectivity index (χ3v) is 6.65. The third kappa shape index (κ3) is 4.25. The van der Waals surface area contributed by atoms with Crippen LogP contribution in [0.3, 0.4) is 0 Å². The fraction of sp³-hybridized carbons (Fsp3) is 0.435. The summed E-state index contributed by atoms with van der Waals surface area (Å²) in [4.78, 5) is 34.1. The number of rotatable bonds is 6. The van der Waals surface area contributed by atoms with Crippen LogP contribution in [-0.4, -0.2) is 41.0 Å². The Morgan fingerprint density at radius 3 is 2.65 bits per heavy atom. The molecule has 1 aliphatic carbocycles. The largest absolute Gasteiger partial charge is 0.329 e. The molecule has 0 bridgehead atoms. The SMILES string of the molecule is CNC(C)C(=O)Nc1ccc2c(n1)CN(C(C)C1CCC1)C(=O)N2c1cccc(Cl)c1. The first-order valence-corrected chi connectivity index (χ1v) is 11.1. The number of nitrogens with zero attached hydrogens (tertiary/aromatic N) is 3. The van der Waals surface area contributed by atoms with Gasteiger partial charge in [0.15, 0.2) is 0 Å². The molecule has 0 spiro atoms. The van der Waals surface area contributed by atoms with E-state index in [1.54, 1.807) is 37.1 Å². The summed E-state index contributed by atoms with van der Waals surface area (Å²) in [6.45, 7) is 4.31. The minimum Gasteiger partial charge on any atom is -0.315 e. The second kappa shape index (κ2) is 8.85. The predicted octanol–water partition coefficient (Wildman–Crippen LogP) is 4.54. The van der Waals surface area contributed by atoms with Crippen LogP contribution in [0.15, 0.2) is 36.4 Å². The number of hydrogen-bond acceptors (Lipinski definition) is 4. The Kier molecular flexibility index (Phi) is 6.16. The summed E-state index contributed by atoms with van der Waals surface area (Å²) in [5.74, 6) is 0.821. The predicted molar refractivity (Wildman–Crippen MR) is 123 cm³/mol. The smallest absolute Gasteiger partial charge is 0.315 e. The molecule has 0 saturated heterocycles. The molecule has 3 amide bonds. The van der Waals surface area contributed by atoms with Gasteiger partial charge in [-0.1, -0.05) is 24.1 Å². The first kappa shape index (κ1) is 21.6. The minimum atomic E-state index is -0.336. The maximum absolute atomic E-state index is 13.6. The Morgan fingerprint density at radius 2 is 2.00 bits per heavy atom. The van der Waals surface area contributed by atoms with Crippen LogP contribution in [0.2, 0.25) is 5.02 Å². The zero-order chi connectivity index (χ0) is 22.1. The van der Waals surface area contributed by atoms with Crippen molar-refractivity contribution >= 4 is 40.7 Å². The highest BCUT2D eigenvalue weighted by Gasteiger charge is 2.39. The van der Waals surface area contributed by atoms with Crippen LogP contribution in [0.1, 0.15) is 38.8 Å². The van der Waals surface area contributed by atoms with E-state index in [2.05, 4.69) is 17.6 Å². The van der Waals surface area contributed by atoms with Crippen molar-refractivity contribution in [3.05, 3.63) is 47.1 Å². The van der Waals surface area contributed by atoms with Gasteiger partial charge >= 0.3 is 6.03 Å². The Hall–Kier alpha value is -2.64. The molecule has 2 atom stereocenters. The lowest BCUT2D eigenvalue weighted by atomic mass is 9.79. The highest BCUT2D eigenvalue weighted by atomic mass is 35.5. The maximum atomic E-state index is 13.6. The number of anilines is 3. The molecule has 2 aliphatic rings. The maximum Gasteiger partial charge on any atom is 0.329 e. The molecule has 1 aromatic heterocycles. The second-order valence-corrected chi connectivity index (χ2v) is 8.76. The van der Waals surface area contributed by atoms with Crippen molar-refractivity contribution in [3.63, 3.8) is 0 Å². The average molecular weight is 442 g/mol. The van der Waals surface area contributed by atoms with Crippen molar-refractivity contribution in [1.82, 2.24) is 15.2 Å². The van der Waals surface area contributed by atoms with E-state index in [9.17, 15) is 9.59 Å². The number of fused-ring (bicyclic) bond motifs is 1. The van der Waals surface area contributed by atoms with Crippen LogP contribution in [0.4, 0.5) is 22.0 Å². The molecule has 31 heavy (non-hydrogen) atoms. The van der Waals surface area contributed by atoms with Gasteiger partial charge in [-0.2, -0.15) is 0 Å². The molecule has 1 saturated carbocycles. The van der Waals surface area contributed by atoms with Crippen molar-refractivity contribution in [2.75, 3.05) is 17.3 Å². The summed E-state index contributed by atoms with van der Waals surface area (Å²) in [5, 5.41) is 6.34. The average Bonchev–Trinajstić information content (AvgIpc) is 2.71. The Balaban J connectivity index is 1.72. The summed E-state index contributed by atoms with van der Waals surface area (Å²) >= 11 is 6.23. The summed E-state index contributed by atoms with van der Waals surface area (Å²) < 4.78 is 0. The number of pyridine rings is 1. The van der Waals surface area contributed by atoms with E-state index in [-0.39, 0.29) is 24.0 Å². The lowest BCUT2D eigenvalue weighted by Gasteiger charge is -2.44. The van der Waals surface area contributed by atoms with Crippen LogP contribution < -0.4 is 15.5 Å². The molecule has 4 rings (SSSR count). The van der Waals surface area contributed by atoms with Crippen molar-refractivity contribution in [1.29, 1.82) is 0 Å². The number of hydrogen-bond donors (Lipinski definition) is 2. The molecular formula is C23H28ClN5O2. The number of nitrogens with one attached hydrogen (secondary N) is 2. The summed E-state index contributed by atoms with van der Waals surface area (Å²) in [5.41, 5.74) is 2.16.